The van der Waals surface area contributed by atoms with Crippen molar-refractivity contribution < 1.29 is 23.6 Å². The Labute approximate surface area is 179 Å². The fourth-order valence-corrected chi connectivity index (χ4v) is 3.83. The van der Waals surface area contributed by atoms with Crippen molar-refractivity contribution in [2.75, 3.05) is 11.9 Å². The van der Waals surface area contributed by atoms with Crippen LogP contribution in [0, 0.1) is 15.9 Å². The smallest absolute Gasteiger partial charge is 0.341 e. The summed E-state index contributed by atoms with van der Waals surface area (Å²) in [6, 6.07) is 9.14. The average Bonchev–Trinajstić information content (AvgIpc) is 3.12. The SMILES string of the molecule is CCOC(=O)c1c(-c2ccc(F)cc2)csc1NC(=O)c1ccc(Cl)cc1[N+](=O)[O-]. The minimum Gasteiger partial charge on any atom is -0.462 e. The largest absolute Gasteiger partial charge is 0.462 e. The van der Waals surface area contributed by atoms with Gasteiger partial charge in [0.2, 0.25) is 0 Å². The minimum atomic E-state index is -0.781. The second-order valence-corrected chi connectivity index (χ2v) is 7.27. The highest BCUT2D eigenvalue weighted by Gasteiger charge is 2.26. The number of rotatable bonds is 6. The topological polar surface area (TPSA) is 98.5 Å². The molecule has 3 aromatic rings. The average molecular weight is 449 g/mol. The molecule has 0 atom stereocenters. The first kappa shape index (κ1) is 21.4. The standard InChI is InChI=1S/C20H14ClFN2O5S/c1-2-29-20(26)17-15(11-3-6-13(22)7-4-11)10-30-19(17)23-18(25)14-8-5-12(21)9-16(14)24(27)28/h3-10H,2H2,1H3,(H,23,25). The summed E-state index contributed by atoms with van der Waals surface area (Å²) < 4.78 is 18.4. The molecular weight excluding hydrogens is 435 g/mol. The van der Waals surface area contributed by atoms with Crippen molar-refractivity contribution in [3.8, 4) is 11.1 Å². The Morgan fingerprint density at radius 2 is 1.93 bits per heavy atom. The second kappa shape index (κ2) is 9.02. The van der Waals surface area contributed by atoms with Gasteiger partial charge in [0.05, 0.1) is 11.5 Å². The molecule has 154 valence electrons. The molecule has 0 unspecified atom stereocenters. The summed E-state index contributed by atoms with van der Waals surface area (Å²) in [5, 5.41) is 15.7. The van der Waals surface area contributed by atoms with Gasteiger partial charge in [0.15, 0.2) is 0 Å². The van der Waals surface area contributed by atoms with E-state index in [0.29, 0.717) is 11.1 Å². The van der Waals surface area contributed by atoms with E-state index in [4.69, 9.17) is 16.3 Å². The Hall–Kier alpha value is -3.30. The van der Waals surface area contributed by atoms with E-state index in [1.807, 2.05) is 0 Å². The van der Waals surface area contributed by atoms with Crippen LogP contribution in [0.25, 0.3) is 11.1 Å². The molecule has 1 aromatic heterocycles. The first-order chi connectivity index (χ1) is 14.3. The summed E-state index contributed by atoms with van der Waals surface area (Å²) in [5.41, 5.74) is 0.399. The second-order valence-electron chi connectivity index (χ2n) is 5.95. The van der Waals surface area contributed by atoms with E-state index in [1.54, 1.807) is 12.3 Å². The van der Waals surface area contributed by atoms with Gasteiger partial charge in [-0.1, -0.05) is 23.7 Å². The van der Waals surface area contributed by atoms with Crippen LogP contribution < -0.4 is 5.32 Å². The Morgan fingerprint density at radius 1 is 1.23 bits per heavy atom. The molecule has 1 amide bonds. The van der Waals surface area contributed by atoms with E-state index < -0.39 is 28.3 Å². The third-order valence-corrected chi connectivity index (χ3v) is 5.18. The van der Waals surface area contributed by atoms with Crippen molar-refractivity contribution in [3.05, 3.63) is 79.9 Å². The summed E-state index contributed by atoms with van der Waals surface area (Å²) in [6.07, 6.45) is 0. The molecule has 10 heteroatoms. The Morgan fingerprint density at radius 3 is 2.57 bits per heavy atom. The number of nitrogens with one attached hydrogen (secondary N) is 1. The van der Waals surface area contributed by atoms with Gasteiger partial charge in [-0.25, -0.2) is 9.18 Å². The number of nitrogens with zero attached hydrogens (tertiary/aromatic N) is 1. The number of benzene rings is 2. The predicted molar refractivity (Wildman–Crippen MR) is 112 cm³/mol. The number of carbonyl (C=O) groups excluding carboxylic acids is 2. The minimum absolute atomic E-state index is 0.0819. The van der Waals surface area contributed by atoms with Crippen LogP contribution >= 0.6 is 22.9 Å². The van der Waals surface area contributed by atoms with Gasteiger partial charge in [-0.3, -0.25) is 14.9 Å². The number of nitro benzene ring substituents is 1. The molecule has 3 rings (SSSR count). The highest BCUT2D eigenvalue weighted by atomic mass is 35.5. The molecule has 2 aromatic carbocycles. The number of hydrogen-bond acceptors (Lipinski definition) is 6. The van der Waals surface area contributed by atoms with E-state index in [0.717, 1.165) is 17.4 Å². The quantitative estimate of drug-likeness (QED) is 0.303. The molecule has 0 aliphatic carbocycles. The van der Waals surface area contributed by atoms with Gasteiger partial charge in [-0.05, 0) is 36.8 Å². The van der Waals surface area contributed by atoms with Crippen molar-refractivity contribution in [1.82, 2.24) is 0 Å². The van der Waals surface area contributed by atoms with Crippen molar-refractivity contribution in [1.29, 1.82) is 0 Å². The number of thiophene rings is 1. The van der Waals surface area contributed by atoms with Gasteiger partial charge in [0, 0.05) is 22.0 Å². The molecule has 1 heterocycles. The van der Waals surface area contributed by atoms with Gasteiger partial charge in [-0.15, -0.1) is 11.3 Å². The monoisotopic (exact) mass is 448 g/mol. The lowest BCUT2D eigenvalue weighted by Gasteiger charge is -2.09. The Kier molecular flexibility index (Phi) is 6.43. The van der Waals surface area contributed by atoms with E-state index in [9.17, 15) is 24.1 Å². The molecule has 0 aliphatic rings. The molecule has 30 heavy (non-hydrogen) atoms. The van der Waals surface area contributed by atoms with Crippen molar-refractivity contribution >= 4 is 45.5 Å². The van der Waals surface area contributed by atoms with Crippen LogP contribution in [-0.4, -0.2) is 23.4 Å². The first-order valence-electron chi connectivity index (χ1n) is 8.61. The number of halogens is 2. The number of carbonyl (C=O) groups is 2. The molecule has 0 fully saturated rings. The lowest BCUT2D eigenvalue weighted by molar-refractivity contribution is -0.385. The predicted octanol–water partition coefficient (Wildman–Crippen LogP) is 5.54. The molecule has 0 saturated carbocycles. The van der Waals surface area contributed by atoms with Crippen LogP contribution in [0.2, 0.25) is 5.02 Å². The van der Waals surface area contributed by atoms with E-state index in [-0.39, 0.29) is 27.8 Å². The summed E-state index contributed by atoms with van der Waals surface area (Å²) in [6.45, 7) is 1.74. The highest BCUT2D eigenvalue weighted by molar-refractivity contribution is 7.15. The van der Waals surface area contributed by atoms with Crippen molar-refractivity contribution in [2.45, 2.75) is 6.92 Å². The molecule has 0 bridgehead atoms. The van der Waals surface area contributed by atoms with Gasteiger partial charge in [0.1, 0.15) is 21.9 Å². The molecule has 1 N–H and O–H groups in total. The van der Waals surface area contributed by atoms with Crippen LogP contribution in [0.4, 0.5) is 15.1 Å². The fourth-order valence-electron chi connectivity index (χ4n) is 2.72. The fraction of sp³-hybridized carbons (Fsp3) is 0.100. The summed E-state index contributed by atoms with van der Waals surface area (Å²) in [7, 11) is 0. The molecule has 0 aliphatic heterocycles. The first-order valence-corrected chi connectivity index (χ1v) is 9.87. The lowest BCUT2D eigenvalue weighted by atomic mass is 10.0. The highest BCUT2D eigenvalue weighted by Crippen LogP contribution is 2.37. The molecule has 0 radical (unpaired) electrons. The summed E-state index contributed by atoms with van der Waals surface area (Å²) in [4.78, 5) is 35.8. The zero-order chi connectivity index (χ0) is 21.8. The molecule has 0 spiro atoms. The Balaban J connectivity index is 2.02. The van der Waals surface area contributed by atoms with Crippen LogP contribution in [0.1, 0.15) is 27.6 Å². The number of hydrogen-bond donors (Lipinski definition) is 1. The van der Waals surface area contributed by atoms with Gasteiger partial charge in [0.25, 0.3) is 11.6 Å². The zero-order valence-corrected chi connectivity index (χ0v) is 17.1. The van der Waals surface area contributed by atoms with Gasteiger partial charge in [-0.2, -0.15) is 0 Å². The van der Waals surface area contributed by atoms with Gasteiger partial charge >= 0.3 is 5.97 Å². The van der Waals surface area contributed by atoms with E-state index in [1.165, 1.54) is 36.4 Å². The molecular formula is C20H14ClFN2O5S. The van der Waals surface area contributed by atoms with Crippen molar-refractivity contribution in [2.24, 2.45) is 0 Å². The third-order valence-electron chi connectivity index (χ3n) is 4.05. The zero-order valence-electron chi connectivity index (χ0n) is 15.5. The van der Waals surface area contributed by atoms with Crippen LogP contribution in [0.15, 0.2) is 47.8 Å². The number of amides is 1. The maximum Gasteiger partial charge on any atom is 0.341 e. The lowest BCUT2D eigenvalue weighted by Crippen LogP contribution is -2.16. The molecule has 0 saturated heterocycles. The maximum absolute atomic E-state index is 13.3. The van der Waals surface area contributed by atoms with Crippen LogP contribution in [0.3, 0.4) is 0 Å². The Bertz CT molecular complexity index is 1130. The van der Waals surface area contributed by atoms with E-state index in [2.05, 4.69) is 5.32 Å². The van der Waals surface area contributed by atoms with Gasteiger partial charge < -0.3 is 10.1 Å². The van der Waals surface area contributed by atoms with E-state index >= 15 is 0 Å². The number of nitro groups is 1. The number of anilines is 1. The molecule has 7 nitrogen and oxygen atoms in total. The number of ether oxygens (including phenoxy) is 1. The van der Waals surface area contributed by atoms with Crippen LogP contribution in [0.5, 0.6) is 0 Å². The summed E-state index contributed by atoms with van der Waals surface area (Å²) >= 11 is 6.83. The number of esters is 1. The van der Waals surface area contributed by atoms with Crippen molar-refractivity contribution in [3.63, 3.8) is 0 Å². The van der Waals surface area contributed by atoms with Crippen LogP contribution in [-0.2, 0) is 4.74 Å². The maximum atomic E-state index is 13.3. The normalized spacial score (nSPS) is 10.5. The summed E-state index contributed by atoms with van der Waals surface area (Å²) in [5.74, 6) is -1.90. The third kappa shape index (κ3) is 4.47.